The first-order valence-electron chi connectivity index (χ1n) is 6.48. The van der Waals surface area contributed by atoms with E-state index in [0.717, 1.165) is 12.8 Å². The highest BCUT2D eigenvalue weighted by Gasteiger charge is 2.20. The van der Waals surface area contributed by atoms with Crippen LogP contribution in [0.15, 0.2) is 18.2 Å². The number of halogens is 1. The molecule has 0 bridgehead atoms. The number of carboxylic acid groups (broad SMARTS) is 1. The minimum absolute atomic E-state index is 0.0232. The Bertz CT molecular complexity index is 514. The molecule has 1 aromatic rings. The molecule has 0 unspecified atom stereocenters. The number of hydrogen-bond acceptors (Lipinski definition) is 3. The van der Waals surface area contributed by atoms with Gasteiger partial charge < -0.3 is 15.2 Å². The Hall–Kier alpha value is -1.75. The van der Waals surface area contributed by atoms with Crippen LogP contribution in [0.5, 0.6) is 5.75 Å². The molecule has 1 fully saturated rings. The van der Waals surface area contributed by atoms with Crippen molar-refractivity contribution in [2.45, 2.75) is 25.7 Å². The van der Waals surface area contributed by atoms with E-state index in [1.54, 1.807) is 18.2 Å². The smallest absolute Gasteiger partial charge is 0.341 e. The van der Waals surface area contributed by atoms with Crippen LogP contribution in [0, 0.1) is 5.92 Å². The SMILES string of the molecule is O=C(O)COc1ccc(NC(=O)CC2CCC2)cc1Cl. The Morgan fingerprint density at radius 2 is 2.15 bits per heavy atom. The molecule has 0 aliphatic heterocycles. The second-order valence-electron chi connectivity index (χ2n) is 4.88. The van der Waals surface area contributed by atoms with Crippen LogP contribution in [0.25, 0.3) is 0 Å². The summed E-state index contributed by atoms with van der Waals surface area (Å²) in [5, 5.41) is 11.6. The summed E-state index contributed by atoms with van der Waals surface area (Å²) in [6.07, 6.45) is 3.99. The second kappa shape index (κ2) is 6.61. The van der Waals surface area contributed by atoms with E-state index >= 15 is 0 Å². The Kier molecular flexibility index (Phi) is 4.84. The molecule has 2 N–H and O–H groups in total. The number of carboxylic acids is 1. The zero-order valence-electron chi connectivity index (χ0n) is 10.9. The fraction of sp³-hybridized carbons (Fsp3) is 0.429. The van der Waals surface area contributed by atoms with Crippen molar-refractivity contribution in [3.63, 3.8) is 0 Å². The summed E-state index contributed by atoms with van der Waals surface area (Å²) < 4.78 is 5.01. The number of carbonyl (C=O) groups excluding carboxylic acids is 1. The van der Waals surface area contributed by atoms with Crippen molar-refractivity contribution < 1.29 is 19.4 Å². The lowest BCUT2D eigenvalue weighted by Gasteiger charge is -2.24. The third-order valence-electron chi connectivity index (χ3n) is 3.27. The zero-order chi connectivity index (χ0) is 14.5. The average molecular weight is 298 g/mol. The van der Waals surface area contributed by atoms with Crippen molar-refractivity contribution in [1.29, 1.82) is 0 Å². The van der Waals surface area contributed by atoms with E-state index in [-0.39, 0.29) is 16.7 Å². The highest BCUT2D eigenvalue weighted by Crippen LogP contribution is 2.31. The predicted octanol–water partition coefficient (Wildman–Crippen LogP) is 2.93. The van der Waals surface area contributed by atoms with Crippen LogP contribution >= 0.6 is 11.6 Å². The molecule has 1 aliphatic carbocycles. The summed E-state index contributed by atoms with van der Waals surface area (Å²) >= 11 is 5.97. The average Bonchev–Trinajstić information content (AvgIpc) is 2.33. The van der Waals surface area contributed by atoms with E-state index in [1.807, 2.05) is 0 Å². The van der Waals surface area contributed by atoms with Gasteiger partial charge >= 0.3 is 5.97 Å². The molecule has 1 aliphatic rings. The van der Waals surface area contributed by atoms with Gasteiger partial charge in [0.25, 0.3) is 0 Å². The fourth-order valence-electron chi connectivity index (χ4n) is 2.01. The molecule has 1 amide bonds. The summed E-state index contributed by atoms with van der Waals surface area (Å²) in [6, 6.07) is 4.74. The number of nitrogens with one attached hydrogen (secondary N) is 1. The molecule has 0 radical (unpaired) electrons. The van der Waals surface area contributed by atoms with Crippen molar-refractivity contribution in [2.75, 3.05) is 11.9 Å². The fourth-order valence-corrected chi connectivity index (χ4v) is 2.24. The van der Waals surface area contributed by atoms with Crippen LogP contribution in [0.2, 0.25) is 5.02 Å². The number of ether oxygens (including phenoxy) is 1. The van der Waals surface area contributed by atoms with Gasteiger partial charge in [-0.2, -0.15) is 0 Å². The molecule has 0 heterocycles. The molecule has 108 valence electrons. The van der Waals surface area contributed by atoms with Gasteiger partial charge in [-0.3, -0.25) is 4.79 Å². The molecule has 2 rings (SSSR count). The quantitative estimate of drug-likeness (QED) is 0.846. The maximum atomic E-state index is 11.8. The number of carbonyl (C=O) groups is 2. The van der Waals surface area contributed by atoms with E-state index in [1.165, 1.54) is 6.42 Å². The van der Waals surface area contributed by atoms with Gasteiger partial charge in [0.1, 0.15) is 5.75 Å². The van der Waals surface area contributed by atoms with Gasteiger partial charge in [0.15, 0.2) is 6.61 Å². The number of aliphatic carboxylic acids is 1. The van der Waals surface area contributed by atoms with Gasteiger partial charge in [0.05, 0.1) is 5.02 Å². The van der Waals surface area contributed by atoms with Gasteiger partial charge in [-0.25, -0.2) is 4.79 Å². The summed E-state index contributed by atoms with van der Waals surface area (Å²) in [7, 11) is 0. The highest BCUT2D eigenvalue weighted by molar-refractivity contribution is 6.32. The van der Waals surface area contributed by atoms with Crippen molar-refractivity contribution >= 4 is 29.2 Å². The molecular formula is C14H16ClNO4. The van der Waals surface area contributed by atoms with Crippen LogP contribution in [0.1, 0.15) is 25.7 Å². The standard InChI is InChI=1S/C14H16ClNO4/c15-11-7-10(4-5-12(11)20-8-14(18)19)16-13(17)6-9-2-1-3-9/h4-5,7,9H,1-3,6,8H2,(H,16,17)(H,18,19). The summed E-state index contributed by atoms with van der Waals surface area (Å²) in [5.74, 6) is -0.307. The lowest BCUT2D eigenvalue weighted by Crippen LogP contribution is -2.20. The Balaban J connectivity index is 1.90. The maximum Gasteiger partial charge on any atom is 0.341 e. The number of rotatable bonds is 6. The minimum atomic E-state index is -1.07. The Labute approximate surface area is 121 Å². The van der Waals surface area contributed by atoms with Crippen molar-refractivity contribution in [3.05, 3.63) is 23.2 Å². The minimum Gasteiger partial charge on any atom is -0.480 e. The normalized spacial score (nSPS) is 14.4. The van der Waals surface area contributed by atoms with Crippen molar-refractivity contribution in [2.24, 2.45) is 5.92 Å². The van der Waals surface area contributed by atoms with Crippen molar-refractivity contribution in [3.8, 4) is 5.75 Å². The zero-order valence-corrected chi connectivity index (χ0v) is 11.7. The van der Waals surface area contributed by atoms with E-state index < -0.39 is 12.6 Å². The van der Waals surface area contributed by atoms with E-state index in [2.05, 4.69) is 5.32 Å². The maximum absolute atomic E-state index is 11.8. The molecule has 1 saturated carbocycles. The van der Waals surface area contributed by atoms with Crippen LogP contribution in [0.4, 0.5) is 5.69 Å². The number of benzene rings is 1. The first-order valence-corrected chi connectivity index (χ1v) is 6.86. The lowest BCUT2D eigenvalue weighted by atomic mass is 9.83. The Morgan fingerprint density at radius 3 is 2.70 bits per heavy atom. The number of anilines is 1. The third kappa shape index (κ3) is 4.13. The third-order valence-corrected chi connectivity index (χ3v) is 3.56. The second-order valence-corrected chi connectivity index (χ2v) is 5.28. The molecule has 0 spiro atoms. The van der Waals surface area contributed by atoms with Gasteiger partial charge in [-0.1, -0.05) is 18.0 Å². The van der Waals surface area contributed by atoms with Crippen molar-refractivity contribution in [1.82, 2.24) is 0 Å². The van der Waals surface area contributed by atoms with Crippen LogP contribution in [0.3, 0.4) is 0 Å². The molecule has 0 atom stereocenters. The number of hydrogen-bond donors (Lipinski definition) is 2. The molecule has 0 aromatic heterocycles. The Morgan fingerprint density at radius 1 is 1.40 bits per heavy atom. The molecule has 0 saturated heterocycles. The van der Waals surface area contributed by atoms with Gasteiger partial charge in [-0.05, 0) is 37.0 Å². The summed E-state index contributed by atoms with van der Waals surface area (Å²) in [5.41, 5.74) is 0.585. The van der Waals surface area contributed by atoms with Gasteiger partial charge in [-0.15, -0.1) is 0 Å². The van der Waals surface area contributed by atoms with Crippen LogP contribution < -0.4 is 10.1 Å². The van der Waals surface area contributed by atoms with Crippen LogP contribution in [-0.2, 0) is 9.59 Å². The largest absolute Gasteiger partial charge is 0.480 e. The summed E-state index contributed by atoms with van der Waals surface area (Å²) in [6.45, 7) is -0.451. The lowest BCUT2D eigenvalue weighted by molar-refractivity contribution is -0.139. The number of amides is 1. The molecule has 1 aromatic carbocycles. The summed E-state index contributed by atoms with van der Waals surface area (Å²) in [4.78, 5) is 22.2. The van der Waals surface area contributed by atoms with Gasteiger partial charge in [0, 0.05) is 12.1 Å². The first-order chi connectivity index (χ1) is 9.54. The first kappa shape index (κ1) is 14.7. The molecule has 6 heteroatoms. The van der Waals surface area contributed by atoms with Gasteiger partial charge in [0.2, 0.25) is 5.91 Å². The monoisotopic (exact) mass is 297 g/mol. The molecule has 20 heavy (non-hydrogen) atoms. The molecular weight excluding hydrogens is 282 g/mol. The van der Waals surface area contributed by atoms with E-state index in [9.17, 15) is 9.59 Å². The topological polar surface area (TPSA) is 75.6 Å². The highest BCUT2D eigenvalue weighted by atomic mass is 35.5. The van der Waals surface area contributed by atoms with Crippen LogP contribution in [-0.4, -0.2) is 23.6 Å². The van der Waals surface area contributed by atoms with E-state index in [4.69, 9.17) is 21.4 Å². The molecule has 5 nitrogen and oxygen atoms in total. The van der Waals surface area contributed by atoms with E-state index in [0.29, 0.717) is 18.0 Å². The predicted molar refractivity (Wildman–Crippen MR) is 75.2 cm³/mol.